The first-order valence-electron chi connectivity index (χ1n) is 11.3. The van der Waals surface area contributed by atoms with Gasteiger partial charge in [0.2, 0.25) is 0 Å². The highest BCUT2D eigenvalue weighted by atomic mass is 16.5. The summed E-state index contributed by atoms with van der Waals surface area (Å²) in [7, 11) is 1.70. The minimum Gasteiger partial charge on any atom is -0.497 e. The van der Waals surface area contributed by atoms with E-state index >= 15 is 0 Å². The Labute approximate surface area is 188 Å². The van der Waals surface area contributed by atoms with Crippen molar-refractivity contribution in [2.45, 2.75) is 19.3 Å². The average Bonchev–Trinajstić information content (AvgIpc) is 2.85. The summed E-state index contributed by atoms with van der Waals surface area (Å²) in [6.45, 7) is 3.20. The van der Waals surface area contributed by atoms with Gasteiger partial charge < -0.3 is 9.72 Å². The van der Waals surface area contributed by atoms with Crippen LogP contribution in [0.5, 0.6) is 5.75 Å². The lowest BCUT2D eigenvalue weighted by atomic mass is 9.99. The van der Waals surface area contributed by atoms with Crippen LogP contribution in [0.15, 0.2) is 77.6 Å². The van der Waals surface area contributed by atoms with Crippen molar-refractivity contribution in [3.05, 3.63) is 94.3 Å². The fourth-order valence-electron chi connectivity index (χ4n) is 4.67. The Morgan fingerprint density at radius 1 is 0.969 bits per heavy atom. The molecule has 0 saturated carbocycles. The highest BCUT2D eigenvalue weighted by Crippen LogP contribution is 2.25. The molecule has 3 aromatic carbocycles. The third-order valence-corrected chi connectivity index (χ3v) is 6.49. The van der Waals surface area contributed by atoms with Gasteiger partial charge in [-0.15, -0.1) is 0 Å². The molecule has 0 atom stereocenters. The van der Waals surface area contributed by atoms with E-state index in [-0.39, 0.29) is 5.56 Å². The molecule has 0 radical (unpaired) electrons. The Hall–Kier alpha value is -3.37. The summed E-state index contributed by atoms with van der Waals surface area (Å²) in [5.74, 6) is 0.903. The Bertz CT molecular complexity index is 1340. The number of H-pyrrole nitrogens is 1. The molecule has 4 aromatic rings. The molecule has 1 aromatic heterocycles. The zero-order chi connectivity index (χ0) is 21.9. The average molecular weight is 425 g/mol. The van der Waals surface area contributed by atoms with Crippen LogP contribution in [0.2, 0.25) is 0 Å². The van der Waals surface area contributed by atoms with E-state index in [1.165, 1.54) is 16.7 Å². The summed E-state index contributed by atoms with van der Waals surface area (Å²) in [4.78, 5) is 17.8. The normalized spacial score (nSPS) is 14.6. The van der Waals surface area contributed by atoms with E-state index in [0.717, 1.165) is 66.3 Å². The standard InChI is InChI=1S/C28H28N2O2/c1-32-23-11-9-21(10-12-23)22-14-17-30(18-15-22)16-4-5-20-8-13-27-26(19-20)24-6-2-3-7-25(24)28(31)29-27/h2-3,6-14,19H,4-5,15-18H2,1H3,(H,29,31). The number of benzene rings is 3. The second-order valence-electron chi connectivity index (χ2n) is 8.49. The Morgan fingerprint density at radius 2 is 1.78 bits per heavy atom. The second kappa shape index (κ2) is 9.01. The van der Waals surface area contributed by atoms with Gasteiger partial charge in [0.25, 0.3) is 5.56 Å². The third kappa shape index (κ3) is 4.19. The van der Waals surface area contributed by atoms with Gasteiger partial charge in [-0.1, -0.05) is 42.5 Å². The van der Waals surface area contributed by atoms with Crippen LogP contribution in [0.3, 0.4) is 0 Å². The maximum atomic E-state index is 12.3. The largest absolute Gasteiger partial charge is 0.497 e. The molecule has 1 aliphatic heterocycles. The summed E-state index contributed by atoms with van der Waals surface area (Å²) in [6, 6.07) is 22.6. The summed E-state index contributed by atoms with van der Waals surface area (Å²) >= 11 is 0. The van der Waals surface area contributed by atoms with E-state index in [9.17, 15) is 4.79 Å². The highest BCUT2D eigenvalue weighted by Gasteiger charge is 2.13. The Morgan fingerprint density at radius 3 is 2.53 bits per heavy atom. The molecule has 162 valence electrons. The number of nitrogens with one attached hydrogen (secondary N) is 1. The Kier molecular flexibility index (Phi) is 5.78. The molecule has 32 heavy (non-hydrogen) atoms. The second-order valence-corrected chi connectivity index (χ2v) is 8.49. The number of aromatic amines is 1. The van der Waals surface area contributed by atoms with Crippen molar-refractivity contribution in [3.63, 3.8) is 0 Å². The maximum Gasteiger partial charge on any atom is 0.256 e. The van der Waals surface area contributed by atoms with Crippen LogP contribution in [0.4, 0.5) is 0 Å². The number of rotatable bonds is 6. The third-order valence-electron chi connectivity index (χ3n) is 6.49. The zero-order valence-corrected chi connectivity index (χ0v) is 18.4. The first-order chi connectivity index (χ1) is 15.7. The van der Waals surface area contributed by atoms with Crippen LogP contribution in [-0.2, 0) is 6.42 Å². The Balaban J connectivity index is 1.22. The number of ether oxygens (including phenoxy) is 1. The monoisotopic (exact) mass is 424 g/mol. The van der Waals surface area contributed by atoms with Gasteiger partial charge in [-0.05, 0) is 78.2 Å². The van der Waals surface area contributed by atoms with E-state index in [0.29, 0.717) is 0 Å². The van der Waals surface area contributed by atoms with Gasteiger partial charge in [-0.3, -0.25) is 9.69 Å². The molecule has 4 heteroatoms. The van der Waals surface area contributed by atoms with Crippen LogP contribution in [0.25, 0.3) is 27.2 Å². The van der Waals surface area contributed by atoms with Crippen molar-refractivity contribution in [3.8, 4) is 5.75 Å². The quantitative estimate of drug-likeness (QED) is 0.421. The van der Waals surface area contributed by atoms with E-state index < -0.39 is 0 Å². The number of fused-ring (bicyclic) bond motifs is 3. The molecule has 0 unspecified atom stereocenters. The van der Waals surface area contributed by atoms with Gasteiger partial charge >= 0.3 is 0 Å². The molecule has 0 bridgehead atoms. The van der Waals surface area contributed by atoms with Gasteiger partial charge in [0.1, 0.15) is 5.75 Å². The van der Waals surface area contributed by atoms with Gasteiger partial charge in [0.05, 0.1) is 7.11 Å². The lowest BCUT2D eigenvalue weighted by Crippen LogP contribution is -2.29. The minimum absolute atomic E-state index is 0.0204. The van der Waals surface area contributed by atoms with E-state index in [1.54, 1.807) is 7.11 Å². The lowest BCUT2D eigenvalue weighted by molar-refractivity contribution is 0.298. The molecule has 4 nitrogen and oxygen atoms in total. The predicted octanol–water partition coefficient (Wildman–Crippen LogP) is 5.41. The maximum absolute atomic E-state index is 12.3. The number of hydrogen-bond donors (Lipinski definition) is 1. The van der Waals surface area contributed by atoms with Crippen molar-refractivity contribution >= 4 is 27.2 Å². The van der Waals surface area contributed by atoms with E-state index in [2.05, 4.69) is 40.2 Å². The van der Waals surface area contributed by atoms with Crippen LogP contribution < -0.4 is 10.3 Å². The van der Waals surface area contributed by atoms with Crippen LogP contribution in [0, 0.1) is 0 Å². The van der Waals surface area contributed by atoms with Crippen molar-refractivity contribution < 1.29 is 4.74 Å². The summed E-state index contributed by atoms with van der Waals surface area (Å²) < 4.78 is 5.26. The number of hydrogen-bond acceptors (Lipinski definition) is 3. The molecule has 1 aliphatic rings. The minimum atomic E-state index is -0.0204. The summed E-state index contributed by atoms with van der Waals surface area (Å²) in [5, 5.41) is 2.91. The molecule has 0 aliphatic carbocycles. The number of aromatic nitrogens is 1. The summed E-state index contributed by atoms with van der Waals surface area (Å²) in [5.41, 5.74) is 4.94. The first-order valence-corrected chi connectivity index (χ1v) is 11.3. The smallest absolute Gasteiger partial charge is 0.256 e. The molecule has 0 saturated heterocycles. The van der Waals surface area contributed by atoms with Gasteiger partial charge in [0, 0.05) is 29.4 Å². The van der Waals surface area contributed by atoms with Crippen LogP contribution in [-0.4, -0.2) is 36.6 Å². The van der Waals surface area contributed by atoms with Gasteiger partial charge in [0.15, 0.2) is 0 Å². The molecule has 0 amide bonds. The molecule has 0 spiro atoms. The van der Waals surface area contributed by atoms with E-state index in [1.807, 2.05) is 42.5 Å². The predicted molar refractivity (Wildman–Crippen MR) is 132 cm³/mol. The molecule has 5 rings (SSSR count). The van der Waals surface area contributed by atoms with Crippen molar-refractivity contribution in [2.24, 2.45) is 0 Å². The number of nitrogens with zero attached hydrogens (tertiary/aromatic N) is 1. The van der Waals surface area contributed by atoms with Gasteiger partial charge in [-0.2, -0.15) is 0 Å². The number of aryl methyl sites for hydroxylation is 1. The van der Waals surface area contributed by atoms with Crippen molar-refractivity contribution in [2.75, 3.05) is 26.7 Å². The molecular weight excluding hydrogens is 396 g/mol. The van der Waals surface area contributed by atoms with Crippen LogP contribution >= 0.6 is 0 Å². The number of pyridine rings is 1. The molecular formula is C28H28N2O2. The highest BCUT2D eigenvalue weighted by molar-refractivity contribution is 6.05. The van der Waals surface area contributed by atoms with Gasteiger partial charge in [-0.25, -0.2) is 0 Å². The fourth-order valence-corrected chi connectivity index (χ4v) is 4.67. The SMILES string of the molecule is COc1ccc(C2=CCN(CCCc3ccc4[nH]c(=O)c5ccccc5c4c3)CC2)cc1. The van der Waals surface area contributed by atoms with Crippen molar-refractivity contribution in [1.82, 2.24) is 9.88 Å². The molecule has 0 fully saturated rings. The van der Waals surface area contributed by atoms with Crippen LogP contribution in [0.1, 0.15) is 24.0 Å². The first kappa shape index (κ1) is 20.5. The van der Waals surface area contributed by atoms with E-state index in [4.69, 9.17) is 4.74 Å². The molecule has 1 N–H and O–H groups in total. The number of methoxy groups -OCH3 is 1. The topological polar surface area (TPSA) is 45.3 Å². The zero-order valence-electron chi connectivity index (χ0n) is 18.4. The molecule has 2 heterocycles. The van der Waals surface area contributed by atoms with Crippen molar-refractivity contribution in [1.29, 1.82) is 0 Å². The lowest BCUT2D eigenvalue weighted by Gasteiger charge is -2.26. The fraction of sp³-hybridized carbons (Fsp3) is 0.250. The summed E-state index contributed by atoms with van der Waals surface area (Å²) in [6.07, 6.45) is 5.61.